The van der Waals surface area contributed by atoms with Gasteiger partial charge in [-0.25, -0.2) is 9.78 Å². The number of aromatic nitrogens is 1. The fraction of sp³-hybridized carbons (Fsp3) is 0.333. The van der Waals surface area contributed by atoms with Gasteiger partial charge in [0.15, 0.2) is 0 Å². The van der Waals surface area contributed by atoms with Crippen LogP contribution in [0.1, 0.15) is 31.9 Å². The van der Waals surface area contributed by atoms with E-state index in [4.69, 9.17) is 16.3 Å². The Bertz CT molecular complexity index is 749. The molecule has 0 aliphatic rings. The third-order valence-corrected chi connectivity index (χ3v) is 3.39. The van der Waals surface area contributed by atoms with Gasteiger partial charge in [0, 0.05) is 17.5 Å². The molecular formula is C18H21ClN2O2. The van der Waals surface area contributed by atoms with Crippen molar-refractivity contribution in [3.63, 3.8) is 0 Å². The van der Waals surface area contributed by atoms with Crippen molar-refractivity contribution < 1.29 is 9.53 Å². The molecule has 5 heteroatoms. The number of nitrogens with one attached hydrogen (secondary N) is 1. The van der Waals surface area contributed by atoms with Gasteiger partial charge in [-0.15, -0.1) is 0 Å². The van der Waals surface area contributed by atoms with E-state index < -0.39 is 11.7 Å². The molecular weight excluding hydrogens is 312 g/mol. The smallest absolute Gasteiger partial charge is 0.407 e. The number of amides is 1. The largest absolute Gasteiger partial charge is 0.444 e. The van der Waals surface area contributed by atoms with E-state index >= 15 is 0 Å². The van der Waals surface area contributed by atoms with Gasteiger partial charge in [0.1, 0.15) is 10.8 Å². The average molecular weight is 333 g/mol. The zero-order valence-electron chi connectivity index (χ0n) is 13.8. The lowest BCUT2D eigenvalue weighted by Crippen LogP contribution is -2.32. The second kappa shape index (κ2) is 7.01. The fourth-order valence-electron chi connectivity index (χ4n) is 2.10. The number of carbonyl (C=O) groups excluding carboxylic acids is 1. The molecule has 0 aliphatic heterocycles. The van der Waals surface area contributed by atoms with Crippen LogP contribution in [0.3, 0.4) is 0 Å². The lowest BCUT2D eigenvalue weighted by molar-refractivity contribution is 0.0534. The first kappa shape index (κ1) is 17.3. The lowest BCUT2D eigenvalue weighted by atomic mass is 10.1. The highest BCUT2D eigenvalue weighted by Gasteiger charge is 2.15. The summed E-state index contributed by atoms with van der Waals surface area (Å²) in [5.74, 6) is 0. The summed E-state index contributed by atoms with van der Waals surface area (Å²) in [6.45, 7) is 7.84. The molecule has 0 bridgehead atoms. The van der Waals surface area contributed by atoms with Crippen molar-refractivity contribution in [2.75, 3.05) is 6.54 Å². The van der Waals surface area contributed by atoms with E-state index in [1.165, 1.54) is 0 Å². The third-order valence-electron chi connectivity index (χ3n) is 3.09. The van der Waals surface area contributed by atoms with Crippen LogP contribution in [0.25, 0.3) is 17.0 Å². The number of hydrogen-bond donors (Lipinski definition) is 1. The SMILES string of the molecule is Cc1cccc2cc(C=CCNC(=O)OC(C)(C)C)c(Cl)nc12. The molecule has 0 saturated carbocycles. The van der Waals surface area contributed by atoms with Crippen LogP contribution in [0.15, 0.2) is 30.3 Å². The van der Waals surface area contributed by atoms with Gasteiger partial charge in [-0.2, -0.15) is 0 Å². The highest BCUT2D eigenvalue weighted by Crippen LogP contribution is 2.23. The van der Waals surface area contributed by atoms with E-state index in [1.54, 1.807) is 0 Å². The molecule has 0 radical (unpaired) electrons. The number of alkyl carbamates (subject to hydrolysis) is 1. The minimum absolute atomic E-state index is 0.358. The summed E-state index contributed by atoms with van der Waals surface area (Å²) in [6.07, 6.45) is 3.21. The maximum Gasteiger partial charge on any atom is 0.407 e. The molecule has 0 fully saturated rings. The van der Waals surface area contributed by atoms with Crippen molar-refractivity contribution in [1.82, 2.24) is 10.3 Å². The quantitative estimate of drug-likeness (QED) is 0.826. The molecule has 1 aromatic carbocycles. The summed E-state index contributed by atoms with van der Waals surface area (Å²) in [5.41, 5.74) is 2.31. The van der Waals surface area contributed by atoms with Crippen molar-refractivity contribution >= 4 is 34.7 Å². The Labute approximate surface area is 141 Å². The predicted octanol–water partition coefficient (Wildman–Crippen LogP) is 4.73. The normalized spacial score (nSPS) is 11.9. The van der Waals surface area contributed by atoms with Crippen LogP contribution in [0.5, 0.6) is 0 Å². The van der Waals surface area contributed by atoms with E-state index in [0.717, 1.165) is 22.0 Å². The number of pyridine rings is 1. The van der Waals surface area contributed by atoms with Crippen LogP contribution in [-0.2, 0) is 4.74 Å². The molecule has 0 atom stereocenters. The summed E-state index contributed by atoms with van der Waals surface area (Å²) in [5, 5.41) is 4.14. The van der Waals surface area contributed by atoms with Crippen LogP contribution < -0.4 is 5.32 Å². The Hall–Kier alpha value is -2.07. The molecule has 1 amide bonds. The maximum atomic E-state index is 11.5. The summed E-state index contributed by atoms with van der Waals surface area (Å²) in [4.78, 5) is 16.0. The van der Waals surface area contributed by atoms with Gasteiger partial charge < -0.3 is 10.1 Å². The second-order valence-electron chi connectivity index (χ2n) is 6.30. The number of carbonyl (C=O) groups is 1. The number of halogens is 1. The summed E-state index contributed by atoms with van der Waals surface area (Å²) in [7, 11) is 0. The van der Waals surface area contributed by atoms with E-state index in [9.17, 15) is 4.79 Å². The number of rotatable bonds is 3. The second-order valence-corrected chi connectivity index (χ2v) is 6.66. The number of hydrogen-bond acceptors (Lipinski definition) is 3. The number of fused-ring (bicyclic) bond motifs is 1. The summed E-state index contributed by atoms with van der Waals surface area (Å²) in [6, 6.07) is 7.99. The molecule has 2 rings (SSSR count). The van der Waals surface area contributed by atoms with Crippen LogP contribution >= 0.6 is 11.6 Å². The first-order valence-corrected chi connectivity index (χ1v) is 7.83. The molecule has 23 heavy (non-hydrogen) atoms. The van der Waals surface area contributed by atoms with Gasteiger partial charge in [-0.3, -0.25) is 0 Å². The molecule has 1 aromatic heterocycles. The molecule has 4 nitrogen and oxygen atoms in total. The zero-order chi connectivity index (χ0) is 17.0. The lowest BCUT2D eigenvalue weighted by Gasteiger charge is -2.19. The number of para-hydroxylation sites is 1. The summed E-state index contributed by atoms with van der Waals surface area (Å²) >= 11 is 6.23. The minimum atomic E-state index is -0.503. The Morgan fingerprint density at radius 3 is 2.83 bits per heavy atom. The first-order valence-electron chi connectivity index (χ1n) is 7.45. The zero-order valence-corrected chi connectivity index (χ0v) is 14.6. The molecule has 1 heterocycles. The minimum Gasteiger partial charge on any atom is -0.444 e. The first-order chi connectivity index (χ1) is 10.8. The van der Waals surface area contributed by atoms with Crippen LogP contribution in [0, 0.1) is 6.92 Å². The van der Waals surface area contributed by atoms with E-state index in [1.807, 2.05) is 64.1 Å². The predicted molar refractivity (Wildman–Crippen MR) is 94.8 cm³/mol. The van der Waals surface area contributed by atoms with Gasteiger partial charge in [0.25, 0.3) is 0 Å². The standard InChI is InChI=1S/C18H21ClN2O2/c1-12-7-5-8-13-11-14(16(19)21-15(12)13)9-6-10-20-17(22)23-18(2,3)4/h5-9,11H,10H2,1-4H3,(H,20,22). The molecule has 0 spiro atoms. The van der Waals surface area contributed by atoms with Crippen molar-refractivity contribution in [3.05, 3.63) is 46.6 Å². The van der Waals surface area contributed by atoms with Crippen LogP contribution in [-0.4, -0.2) is 23.2 Å². The fourth-order valence-corrected chi connectivity index (χ4v) is 2.30. The maximum absolute atomic E-state index is 11.5. The molecule has 0 aliphatic carbocycles. The van der Waals surface area contributed by atoms with Crippen molar-refractivity contribution in [3.8, 4) is 0 Å². The highest BCUT2D eigenvalue weighted by molar-refractivity contribution is 6.31. The molecule has 0 unspecified atom stereocenters. The topological polar surface area (TPSA) is 51.2 Å². The van der Waals surface area contributed by atoms with E-state index in [0.29, 0.717) is 11.7 Å². The van der Waals surface area contributed by atoms with E-state index in [2.05, 4.69) is 10.3 Å². The van der Waals surface area contributed by atoms with Crippen molar-refractivity contribution in [1.29, 1.82) is 0 Å². The number of ether oxygens (including phenoxy) is 1. The van der Waals surface area contributed by atoms with Gasteiger partial charge in [-0.1, -0.05) is 42.0 Å². The number of benzene rings is 1. The van der Waals surface area contributed by atoms with Gasteiger partial charge in [0.2, 0.25) is 0 Å². The summed E-state index contributed by atoms with van der Waals surface area (Å²) < 4.78 is 5.16. The van der Waals surface area contributed by atoms with Crippen LogP contribution in [0.2, 0.25) is 5.15 Å². The van der Waals surface area contributed by atoms with Gasteiger partial charge in [0.05, 0.1) is 5.52 Å². The molecule has 0 saturated heterocycles. The average Bonchev–Trinajstić information content (AvgIpc) is 2.43. The third kappa shape index (κ3) is 4.96. The van der Waals surface area contributed by atoms with Crippen molar-refractivity contribution in [2.24, 2.45) is 0 Å². The molecule has 122 valence electrons. The molecule has 2 aromatic rings. The highest BCUT2D eigenvalue weighted by atomic mass is 35.5. The van der Waals surface area contributed by atoms with Gasteiger partial charge in [-0.05, 0) is 39.3 Å². The van der Waals surface area contributed by atoms with Crippen molar-refractivity contribution in [2.45, 2.75) is 33.3 Å². The Kier molecular flexibility index (Phi) is 5.26. The molecule has 1 N–H and O–H groups in total. The Balaban J connectivity index is 2.04. The Morgan fingerprint density at radius 2 is 2.13 bits per heavy atom. The van der Waals surface area contributed by atoms with E-state index in [-0.39, 0.29) is 0 Å². The monoisotopic (exact) mass is 332 g/mol. The number of aryl methyl sites for hydroxylation is 1. The Morgan fingerprint density at radius 1 is 1.39 bits per heavy atom. The van der Waals surface area contributed by atoms with Gasteiger partial charge >= 0.3 is 6.09 Å². The van der Waals surface area contributed by atoms with Crippen LogP contribution in [0.4, 0.5) is 4.79 Å². The number of nitrogens with zero attached hydrogens (tertiary/aromatic N) is 1.